The maximum atomic E-state index is 5.04. The number of benzene rings is 2. The zero-order valence-corrected chi connectivity index (χ0v) is 14.8. The van der Waals surface area contributed by atoms with Crippen LogP contribution in [0.4, 0.5) is 5.69 Å². The van der Waals surface area contributed by atoms with Gasteiger partial charge in [-0.05, 0) is 24.3 Å². The first-order valence-corrected chi connectivity index (χ1v) is 9.07. The SMILES string of the molecule is Cn1cc2cc(-c3ccc4cccc(N5CCNCC5)c4n3)ccc2n1. The summed E-state index contributed by atoms with van der Waals surface area (Å²) in [5, 5.41) is 10.2. The van der Waals surface area contributed by atoms with Gasteiger partial charge in [-0.15, -0.1) is 0 Å². The highest BCUT2D eigenvalue weighted by molar-refractivity contribution is 5.93. The van der Waals surface area contributed by atoms with E-state index in [1.165, 1.54) is 11.1 Å². The smallest absolute Gasteiger partial charge is 0.0942 e. The molecule has 5 nitrogen and oxygen atoms in total. The van der Waals surface area contributed by atoms with E-state index in [9.17, 15) is 0 Å². The molecule has 5 rings (SSSR count). The summed E-state index contributed by atoms with van der Waals surface area (Å²) >= 11 is 0. The topological polar surface area (TPSA) is 46.0 Å². The van der Waals surface area contributed by atoms with Gasteiger partial charge >= 0.3 is 0 Å². The minimum absolute atomic E-state index is 1.01. The second-order valence-corrected chi connectivity index (χ2v) is 6.86. The van der Waals surface area contributed by atoms with Crippen molar-refractivity contribution in [2.75, 3.05) is 31.1 Å². The zero-order valence-electron chi connectivity index (χ0n) is 14.8. The van der Waals surface area contributed by atoms with Crippen LogP contribution in [-0.2, 0) is 7.05 Å². The highest BCUT2D eigenvalue weighted by Gasteiger charge is 2.14. The molecule has 1 N–H and O–H groups in total. The minimum atomic E-state index is 1.01. The summed E-state index contributed by atoms with van der Waals surface area (Å²) in [6.07, 6.45) is 2.05. The number of hydrogen-bond donors (Lipinski definition) is 1. The molecule has 26 heavy (non-hydrogen) atoms. The van der Waals surface area contributed by atoms with E-state index in [0.717, 1.165) is 53.9 Å². The Hall–Kier alpha value is -2.92. The van der Waals surface area contributed by atoms with Crippen molar-refractivity contribution in [3.63, 3.8) is 0 Å². The fraction of sp³-hybridized carbons (Fsp3) is 0.238. The standard InChI is InChI=1S/C21H21N5/c1-25-14-17-13-16(6-8-19(17)24-25)18-7-5-15-3-2-4-20(21(15)23-18)26-11-9-22-10-12-26/h2-8,13-14,22H,9-12H2,1H3. The van der Waals surface area contributed by atoms with Crippen molar-refractivity contribution >= 4 is 27.5 Å². The normalized spacial score (nSPS) is 15.0. The maximum Gasteiger partial charge on any atom is 0.0942 e. The summed E-state index contributed by atoms with van der Waals surface area (Å²) in [5.41, 5.74) is 5.46. The van der Waals surface area contributed by atoms with E-state index < -0.39 is 0 Å². The van der Waals surface area contributed by atoms with E-state index in [1.807, 2.05) is 17.9 Å². The maximum absolute atomic E-state index is 5.04. The van der Waals surface area contributed by atoms with Gasteiger partial charge in [0.2, 0.25) is 0 Å². The van der Waals surface area contributed by atoms with Gasteiger partial charge in [0.15, 0.2) is 0 Å². The number of aromatic nitrogens is 3. The Balaban J connectivity index is 1.63. The molecule has 0 unspecified atom stereocenters. The second kappa shape index (κ2) is 6.11. The van der Waals surface area contributed by atoms with E-state index >= 15 is 0 Å². The van der Waals surface area contributed by atoms with E-state index in [0.29, 0.717) is 0 Å². The zero-order chi connectivity index (χ0) is 17.5. The molecular weight excluding hydrogens is 322 g/mol. The number of rotatable bonds is 2. The van der Waals surface area contributed by atoms with Gasteiger partial charge in [0.25, 0.3) is 0 Å². The van der Waals surface area contributed by atoms with Crippen molar-refractivity contribution in [3.05, 3.63) is 54.7 Å². The Morgan fingerprint density at radius 2 is 1.85 bits per heavy atom. The number of aryl methyl sites for hydroxylation is 1. The number of fused-ring (bicyclic) bond motifs is 2. The van der Waals surface area contributed by atoms with Crippen LogP contribution in [0, 0.1) is 0 Å². The van der Waals surface area contributed by atoms with Crippen LogP contribution in [0.1, 0.15) is 0 Å². The Kier molecular flexibility index (Phi) is 3.60. The lowest BCUT2D eigenvalue weighted by molar-refractivity contribution is 0.590. The van der Waals surface area contributed by atoms with Crippen LogP contribution in [0.2, 0.25) is 0 Å². The molecule has 4 aromatic rings. The predicted molar refractivity (Wildman–Crippen MR) is 107 cm³/mol. The monoisotopic (exact) mass is 343 g/mol. The number of piperazine rings is 1. The van der Waals surface area contributed by atoms with E-state index in [2.05, 4.69) is 63.8 Å². The van der Waals surface area contributed by atoms with Crippen LogP contribution in [0.3, 0.4) is 0 Å². The molecule has 0 bridgehead atoms. The molecule has 130 valence electrons. The van der Waals surface area contributed by atoms with Gasteiger partial charge in [0, 0.05) is 55.8 Å². The molecule has 3 heterocycles. The number of nitrogens with one attached hydrogen (secondary N) is 1. The van der Waals surface area contributed by atoms with E-state index in [4.69, 9.17) is 4.98 Å². The number of para-hydroxylation sites is 1. The molecule has 0 amide bonds. The molecule has 2 aromatic carbocycles. The highest BCUT2D eigenvalue weighted by Crippen LogP contribution is 2.29. The molecule has 0 aliphatic carbocycles. The molecule has 5 heteroatoms. The first-order chi connectivity index (χ1) is 12.8. The van der Waals surface area contributed by atoms with Crippen LogP contribution in [-0.4, -0.2) is 40.9 Å². The summed E-state index contributed by atoms with van der Waals surface area (Å²) in [4.78, 5) is 7.48. The molecule has 1 aliphatic heterocycles. The molecule has 1 saturated heterocycles. The van der Waals surface area contributed by atoms with E-state index in [-0.39, 0.29) is 0 Å². The average molecular weight is 343 g/mol. The number of anilines is 1. The predicted octanol–water partition coefficient (Wildman–Crippen LogP) is 3.20. The van der Waals surface area contributed by atoms with Gasteiger partial charge in [-0.3, -0.25) is 4.68 Å². The number of pyridine rings is 1. The molecule has 1 aliphatic rings. The fourth-order valence-corrected chi connectivity index (χ4v) is 3.76. The van der Waals surface area contributed by atoms with Crippen LogP contribution in [0.15, 0.2) is 54.7 Å². The molecule has 0 saturated carbocycles. The van der Waals surface area contributed by atoms with Gasteiger partial charge in [0.1, 0.15) is 0 Å². The van der Waals surface area contributed by atoms with Crippen molar-refractivity contribution < 1.29 is 0 Å². The fourth-order valence-electron chi connectivity index (χ4n) is 3.76. The van der Waals surface area contributed by atoms with Crippen molar-refractivity contribution in [3.8, 4) is 11.3 Å². The van der Waals surface area contributed by atoms with Crippen LogP contribution < -0.4 is 10.2 Å². The molecular formula is C21H21N5. The molecule has 0 radical (unpaired) electrons. The van der Waals surface area contributed by atoms with Crippen molar-refractivity contribution in [2.45, 2.75) is 0 Å². The van der Waals surface area contributed by atoms with Gasteiger partial charge < -0.3 is 10.2 Å². The van der Waals surface area contributed by atoms with Crippen molar-refractivity contribution in [2.24, 2.45) is 7.05 Å². The largest absolute Gasteiger partial charge is 0.367 e. The van der Waals surface area contributed by atoms with Crippen molar-refractivity contribution in [1.82, 2.24) is 20.1 Å². The molecule has 1 fully saturated rings. The summed E-state index contributed by atoms with van der Waals surface area (Å²) in [6.45, 7) is 4.08. The third-order valence-electron chi connectivity index (χ3n) is 5.07. The van der Waals surface area contributed by atoms with Gasteiger partial charge in [-0.25, -0.2) is 4.98 Å². The molecule has 2 aromatic heterocycles. The second-order valence-electron chi connectivity index (χ2n) is 6.86. The Labute approximate surface area is 152 Å². The lowest BCUT2D eigenvalue weighted by Crippen LogP contribution is -2.43. The minimum Gasteiger partial charge on any atom is -0.367 e. The lowest BCUT2D eigenvalue weighted by Gasteiger charge is -2.30. The van der Waals surface area contributed by atoms with Crippen LogP contribution in [0.25, 0.3) is 33.1 Å². The van der Waals surface area contributed by atoms with Crippen molar-refractivity contribution in [1.29, 1.82) is 0 Å². The van der Waals surface area contributed by atoms with Crippen LogP contribution >= 0.6 is 0 Å². The first kappa shape index (κ1) is 15.3. The van der Waals surface area contributed by atoms with Gasteiger partial charge in [-0.2, -0.15) is 5.10 Å². The third kappa shape index (κ3) is 2.61. The quantitative estimate of drug-likeness (QED) is 0.607. The third-order valence-corrected chi connectivity index (χ3v) is 5.07. The molecule has 0 atom stereocenters. The Morgan fingerprint density at radius 1 is 0.962 bits per heavy atom. The number of nitrogens with zero attached hydrogens (tertiary/aromatic N) is 4. The first-order valence-electron chi connectivity index (χ1n) is 9.07. The lowest BCUT2D eigenvalue weighted by atomic mass is 10.1. The average Bonchev–Trinajstić information content (AvgIpc) is 3.07. The van der Waals surface area contributed by atoms with Gasteiger partial charge in [-0.1, -0.05) is 24.3 Å². The summed E-state index contributed by atoms with van der Waals surface area (Å²) in [6, 6.07) is 17.1. The number of hydrogen-bond acceptors (Lipinski definition) is 4. The molecule has 0 spiro atoms. The summed E-state index contributed by atoms with van der Waals surface area (Å²) in [5.74, 6) is 0. The summed E-state index contributed by atoms with van der Waals surface area (Å²) < 4.78 is 1.85. The Morgan fingerprint density at radius 3 is 2.73 bits per heavy atom. The highest BCUT2D eigenvalue weighted by atomic mass is 15.2. The van der Waals surface area contributed by atoms with Crippen LogP contribution in [0.5, 0.6) is 0 Å². The van der Waals surface area contributed by atoms with Gasteiger partial charge in [0.05, 0.1) is 22.4 Å². The summed E-state index contributed by atoms with van der Waals surface area (Å²) in [7, 11) is 1.95. The van der Waals surface area contributed by atoms with E-state index in [1.54, 1.807) is 0 Å². The Bertz CT molecular complexity index is 1090.